The third-order valence-corrected chi connectivity index (χ3v) is 2.67. The molecule has 0 bridgehead atoms. The van der Waals surface area contributed by atoms with E-state index in [1.54, 1.807) is 18.6 Å². The fourth-order valence-electron chi connectivity index (χ4n) is 1.40. The van der Waals surface area contributed by atoms with Crippen molar-refractivity contribution in [1.29, 1.82) is 0 Å². The number of pyridine rings is 1. The highest BCUT2D eigenvalue weighted by Gasteiger charge is 2.06. The van der Waals surface area contributed by atoms with Gasteiger partial charge in [-0.25, -0.2) is 4.98 Å². The average molecular weight is 297 g/mol. The summed E-state index contributed by atoms with van der Waals surface area (Å²) in [5.74, 6) is 0.620. The maximum atomic E-state index is 5.57. The third-order valence-electron chi connectivity index (χ3n) is 2.05. The highest BCUT2D eigenvalue weighted by atomic mass is 79.9. The van der Waals surface area contributed by atoms with Crippen LogP contribution in [0, 0.1) is 0 Å². The van der Waals surface area contributed by atoms with E-state index in [4.69, 9.17) is 18.0 Å². The molecule has 2 aromatic rings. The van der Waals surface area contributed by atoms with Crippen LogP contribution in [-0.2, 0) is 6.54 Å². The Labute approximate surface area is 107 Å². The quantitative estimate of drug-likeness (QED) is 0.877. The number of hydrogen-bond donors (Lipinski definition) is 1. The van der Waals surface area contributed by atoms with Gasteiger partial charge in [0, 0.05) is 29.3 Å². The van der Waals surface area contributed by atoms with Crippen molar-refractivity contribution in [3.63, 3.8) is 0 Å². The van der Waals surface area contributed by atoms with E-state index in [0.29, 0.717) is 17.4 Å². The smallest absolute Gasteiger partial charge is 0.167 e. The Balaban J connectivity index is 2.27. The second-order valence-corrected chi connectivity index (χ2v) is 4.61. The maximum absolute atomic E-state index is 5.57. The molecule has 0 aliphatic heterocycles. The molecule has 0 spiro atoms. The van der Waals surface area contributed by atoms with Gasteiger partial charge in [-0.3, -0.25) is 4.98 Å². The van der Waals surface area contributed by atoms with Gasteiger partial charge in [-0.15, -0.1) is 0 Å². The lowest BCUT2D eigenvalue weighted by Gasteiger charge is -2.06. The third kappa shape index (κ3) is 2.45. The number of nitrogens with zero attached hydrogens (tertiary/aromatic N) is 3. The fourth-order valence-corrected chi connectivity index (χ4v) is 1.98. The summed E-state index contributed by atoms with van der Waals surface area (Å²) >= 11 is 8.29. The van der Waals surface area contributed by atoms with Crippen molar-refractivity contribution >= 4 is 33.1 Å². The van der Waals surface area contributed by atoms with E-state index in [1.807, 2.05) is 16.8 Å². The molecule has 0 atom stereocenters. The molecule has 0 aliphatic rings. The van der Waals surface area contributed by atoms with Crippen LogP contribution in [0.1, 0.15) is 11.4 Å². The van der Waals surface area contributed by atoms with Crippen molar-refractivity contribution in [3.8, 4) is 0 Å². The minimum absolute atomic E-state index is 0.299. The van der Waals surface area contributed by atoms with Gasteiger partial charge in [-0.2, -0.15) is 0 Å². The van der Waals surface area contributed by atoms with Crippen molar-refractivity contribution in [2.24, 2.45) is 5.73 Å². The van der Waals surface area contributed by atoms with Gasteiger partial charge in [0.15, 0.2) is 5.82 Å². The zero-order valence-electron chi connectivity index (χ0n) is 8.30. The first-order valence-electron chi connectivity index (χ1n) is 4.57. The molecular formula is C10H9BrN4S. The number of halogens is 1. The van der Waals surface area contributed by atoms with E-state index in [1.165, 1.54) is 0 Å². The van der Waals surface area contributed by atoms with E-state index in [2.05, 4.69) is 25.9 Å². The number of aromatic nitrogens is 3. The lowest BCUT2D eigenvalue weighted by molar-refractivity contribution is 0.784. The molecule has 0 aliphatic carbocycles. The molecule has 2 aromatic heterocycles. The van der Waals surface area contributed by atoms with Crippen LogP contribution < -0.4 is 5.73 Å². The van der Waals surface area contributed by atoms with Crippen LogP contribution in [0.3, 0.4) is 0 Å². The highest BCUT2D eigenvalue weighted by molar-refractivity contribution is 9.10. The second-order valence-electron chi connectivity index (χ2n) is 3.25. The Morgan fingerprint density at radius 3 is 3.00 bits per heavy atom. The fraction of sp³-hybridized carbons (Fsp3) is 0.100. The molecule has 0 saturated heterocycles. The SMILES string of the molecule is NC(=S)c1nccn1Cc1cncc(Br)c1. The number of hydrogen-bond acceptors (Lipinski definition) is 3. The predicted octanol–water partition coefficient (Wildman–Crippen LogP) is 1.72. The van der Waals surface area contributed by atoms with Crippen molar-refractivity contribution in [2.45, 2.75) is 6.54 Å². The van der Waals surface area contributed by atoms with Crippen LogP contribution in [-0.4, -0.2) is 19.5 Å². The van der Waals surface area contributed by atoms with Crippen LogP contribution in [0.25, 0.3) is 0 Å². The Morgan fingerprint density at radius 2 is 2.31 bits per heavy atom. The summed E-state index contributed by atoms with van der Waals surface area (Å²) < 4.78 is 2.84. The topological polar surface area (TPSA) is 56.7 Å². The Bertz CT molecular complexity index is 523. The molecule has 0 radical (unpaired) electrons. The first kappa shape index (κ1) is 11.2. The molecule has 0 aromatic carbocycles. The van der Waals surface area contributed by atoms with Crippen molar-refractivity contribution in [1.82, 2.24) is 14.5 Å². The summed E-state index contributed by atoms with van der Waals surface area (Å²) in [7, 11) is 0. The van der Waals surface area contributed by atoms with Gasteiger partial charge < -0.3 is 10.3 Å². The van der Waals surface area contributed by atoms with E-state index < -0.39 is 0 Å². The number of rotatable bonds is 3. The standard InChI is InChI=1S/C10H9BrN4S/c11-8-3-7(4-13-5-8)6-15-2-1-14-10(15)9(12)16/h1-5H,6H2,(H2,12,16). The summed E-state index contributed by atoms with van der Waals surface area (Å²) in [6, 6.07) is 2.00. The lowest BCUT2D eigenvalue weighted by atomic mass is 10.3. The molecule has 4 nitrogen and oxygen atoms in total. The lowest BCUT2D eigenvalue weighted by Crippen LogP contribution is -2.17. The summed E-state index contributed by atoms with van der Waals surface area (Å²) in [5.41, 5.74) is 6.63. The molecule has 2 N–H and O–H groups in total. The van der Waals surface area contributed by atoms with Crippen LogP contribution in [0.4, 0.5) is 0 Å². The molecule has 2 rings (SSSR count). The Morgan fingerprint density at radius 1 is 1.50 bits per heavy atom. The summed E-state index contributed by atoms with van der Waals surface area (Å²) in [6.07, 6.45) is 7.06. The molecule has 16 heavy (non-hydrogen) atoms. The molecule has 0 amide bonds. The summed E-state index contributed by atoms with van der Waals surface area (Å²) in [4.78, 5) is 8.49. The molecule has 0 unspecified atom stereocenters. The van der Waals surface area contributed by atoms with Gasteiger partial charge in [0.1, 0.15) is 4.99 Å². The first-order valence-corrected chi connectivity index (χ1v) is 5.77. The molecule has 0 saturated carbocycles. The number of nitrogens with two attached hydrogens (primary N) is 1. The van der Waals surface area contributed by atoms with Gasteiger partial charge in [-0.1, -0.05) is 12.2 Å². The van der Waals surface area contributed by atoms with E-state index in [9.17, 15) is 0 Å². The van der Waals surface area contributed by atoms with Crippen LogP contribution in [0.2, 0.25) is 0 Å². The number of thiocarbonyl (C=S) groups is 1. The van der Waals surface area contributed by atoms with Crippen molar-refractivity contribution in [2.75, 3.05) is 0 Å². The molecule has 82 valence electrons. The van der Waals surface area contributed by atoms with Gasteiger partial charge >= 0.3 is 0 Å². The summed E-state index contributed by atoms with van der Waals surface area (Å²) in [6.45, 7) is 0.652. The van der Waals surface area contributed by atoms with Gasteiger partial charge in [0.25, 0.3) is 0 Å². The largest absolute Gasteiger partial charge is 0.387 e. The normalized spacial score (nSPS) is 10.3. The van der Waals surface area contributed by atoms with E-state index in [0.717, 1.165) is 10.0 Å². The van der Waals surface area contributed by atoms with Crippen LogP contribution >= 0.6 is 28.1 Å². The first-order chi connectivity index (χ1) is 7.66. The highest BCUT2D eigenvalue weighted by Crippen LogP contribution is 2.11. The van der Waals surface area contributed by atoms with Crippen LogP contribution in [0.15, 0.2) is 35.3 Å². The molecule has 6 heteroatoms. The van der Waals surface area contributed by atoms with E-state index in [-0.39, 0.29) is 0 Å². The van der Waals surface area contributed by atoms with E-state index >= 15 is 0 Å². The number of imidazole rings is 1. The molecular weight excluding hydrogens is 288 g/mol. The van der Waals surface area contributed by atoms with Crippen LogP contribution in [0.5, 0.6) is 0 Å². The Hall–Kier alpha value is -1.27. The molecule has 2 heterocycles. The van der Waals surface area contributed by atoms with Gasteiger partial charge in [-0.05, 0) is 27.6 Å². The summed E-state index contributed by atoms with van der Waals surface area (Å²) in [5, 5.41) is 0. The maximum Gasteiger partial charge on any atom is 0.167 e. The zero-order chi connectivity index (χ0) is 11.5. The van der Waals surface area contributed by atoms with Crippen molar-refractivity contribution in [3.05, 3.63) is 46.7 Å². The average Bonchev–Trinajstić information content (AvgIpc) is 2.66. The van der Waals surface area contributed by atoms with Crippen molar-refractivity contribution < 1.29 is 0 Å². The zero-order valence-corrected chi connectivity index (χ0v) is 10.7. The minimum Gasteiger partial charge on any atom is -0.387 e. The minimum atomic E-state index is 0.299. The predicted molar refractivity (Wildman–Crippen MR) is 69.2 cm³/mol. The van der Waals surface area contributed by atoms with Gasteiger partial charge in [0.05, 0.1) is 6.54 Å². The Kier molecular flexibility index (Phi) is 3.31. The monoisotopic (exact) mass is 296 g/mol. The molecule has 0 fully saturated rings. The second kappa shape index (κ2) is 4.71. The van der Waals surface area contributed by atoms with Gasteiger partial charge in [0.2, 0.25) is 0 Å².